The monoisotopic (exact) mass is 413 g/mol. The van der Waals surface area contributed by atoms with Crippen molar-refractivity contribution in [2.75, 3.05) is 38.1 Å². The third-order valence-electron chi connectivity index (χ3n) is 4.82. The summed E-state index contributed by atoms with van der Waals surface area (Å²) in [7, 11) is -2.25. The van der Waals surface area contributed by atoms with E-state index >= 15 is 0 Å². The minimum absolute atomic E-state index is 0.454. The van der Waals surface area contributed by atoms with E-state index in [4.69, 9.17) is 0 Å². The summed E-state index contributed by atoms with van der Waals surface area (Å²) in [5.41, 5.74) is 1.18. The van der Waals surface area contributed by atoms with Crippen molar-refractivity contribution in [3.05, 3.63) is 59.4 Å². The van der Waals surface area contributed by atoms with Gasteiger partial charge in [-0.15, -0.1) is 0 Å². The van der Waals surface area contributed by atoms with Crippen LogP contribution in [0.1, 0.15) is 18.5 Å². The van der Waals surface area contributed by atoms with Gasteiger partial charge in [-0.2, -0.15) is 0 Å². The summed E-state index contributed by atoms with van der Waals surface area (Å²) in [4.78, 5) is 3.58. The Morgan fingerprint density at radius 3 is 2.21 bits per heavy atom. The molecule has 152 valence electrons. The van der Waals surface area contributed by atoms with E-state index in [1.54, 1.807) is 13.0 Å². The van der Waals surface area contributed by atoms with E-state index in [1.807, 2.05) is 7.05 Å². The molecule has 9 heteroatoms. The zero-order chi connectivity index (χ0) is 20.5. The van der Waals surface area contributed by atoms with Gasteiger partial charge in [0.15, 0.2) is 0 Å². The second-order valence-electron chi connectivity index (χ2n) is 6.91. The van der Waals surface area contributed by atoms with Crippen molar-refractivity contribution in [1.29, 1.82) is 0 Å². The van der Waals surface area contributed by atoms with Crippen LogP contribution in [0.5, 0.6) is 0 Å². The summed E-state index contributed by atoms with van der Waals surface area (Å²) >= 11 is 0. The molecule has 0 amide bonds. The number of halogens is 3. The van der Waals surface area contributed by atoms with E-state index in [0.29, 0.717) is 11.6 Å². The van der Waals surface area contributed by atoms with Crippen molar-refractivity contribution in [3.63, 3.8) is 0 Å². The second kappa shape index (κ2) is 8.10. The van der Waals surface area contributed by atoms with Crippen molar-refractivity contribution in [3.8, 4) is 0 Å². The minimum Gasteiger partial charge on any atom is -0.369 e. The maximum absolute atomic E-state index is 13.9. The molecule has 0 spiro atoms. The average Bonchev–Trinajstić information content (AvgIpc) is 2.61. The molecule has 2 aromatic carbocycles. The van der Waals surface area contributed by atoms with Crippen molar-refractivity contribution in [2.24, 2.45) is 0 Å². The zero-order valence-electron chi connectivity index (χ0n) is 15.6. The van der Waals surface area contributed by atoms with E-state index in [-0.39, 0.29) is 0 Å². The maximum atomic E-state index is 13.9. The fourth-order valence-electron chi connectivity index (χ4n) is 3.26. The van der Waals surface area contributed by atoms with Gasteiger partial charge in [0.1, 0.15) is 22.3 Å². The molecule has 0 bridgehead atoms. The van der Waals surface area contributed by atoms with Gasteiger partial charge in [0, 0.05) is 44.0 Å². The first-order valence-electron chi connectivity index (χ1n) is 8.88. The van der Waals surface area contributed by atoms with Crippen LogP contribution in [-0.2, 0) is 10.0 Å². The lowest BCUT2D eigenvalue weighted by Gasteiger charge is -2.36. The van der Waals surface area contributed by atoms with E-state index < -0.39 is 38.4 Å². The predicted molar refractivity (Wildman–Crippen MR) is 101 cm³/mol. The molecule has 1 atom stereocenters. The van der Waals surface area contributed by atoms with Gasteiger partial charge in [0.05, 0.1) is 0 Å². The molecule has 2 aromatic rings. The average molecular weight is 413 g/mol. The van der Waals surface area contributed by atoms with Crippen LogP contribution < -0.4 is 9.62 Å². The van der Waals surface area contributed by atoms with Crippen molar-refractivity contribution >= 4 is 15.7 Å². The highest BCUT2D eigenvalue weighted by molar-refractivity contribution is 7.89. The molecule has 3 rings (SSSR count). The van der Waals surface area contributed by atoms with Gasteiger partial charge in [-0.1, -0.05) is 0 Å². The molecule has 5 nitrogen and oxygen atoms in total. The molecule has 1 aliphatic rings. The first-order chi connectivity index (χ1) is 13.2. The van der Waals surface area contributed by atoms with Crippen LogP contribution in [0.4, 0.5) is 18.9 Å². The summed E-state index contributed by atoms with van der Waals surface area (Å²) < 4.78 is 68.4. The normalized spacial score (nSPS) is 17.0. The Labute approximate surface area is 162 Å². The largest absolute Gasteiger partial charge is 0.369 e. The van der Waals surface area contributed by atoms with Crippen LogP contribution in [0.2, 0.25) is 0 Å². The van der Waals surface area contributed by atoms with Crippen LogP contribution in [0.15, 0.2) is 41.3 Å². The number of hydrogen-bond donors (Lipinski definition) is 1. The molecule has 1 heterocycles. The highest BCUT2D eigenvalue weighted by Crippen LogP contribution is 2.29. The van der Waals surface area contributed by atoms with Gasteiger partial charge in [0.2, 0.25) is 10.0 Å². The first kappa shape index (κ1) is 20.6. The summed E-state index contributed by atoms with van der Waals surface area (Å²) in [6.07, 6.45) is 0. The molecule has 28 heavy (non-hydrogen) atoms. The number of hydrogen-bond acceptors (Lipinski definition) is 4. The highest BCUT2D eigenvalue weighted by atomic mass is 32.2. The fraction of sp³-hybridized carbons (Fsp3) is 0.368. The number of nitrogens with one attached hydrogen (secondary N) is 1. The van der Waals surface area contributed by atoms with Gasteiger partial charge in [0.25, 0.3) is 0 Å². The molecule has 0 aromatic heterocycles. The number of benzene rings is 2. The van der Waals surface area contributed by atoms with Gasteiger partial charge in [-0.05, 0) is 49.9 Å². The van der Waals surface area contributed by atoms with Crippen LogP contribution in [0.3, 0.4) is 0 Å². The van der Waals surface area contributed by atoms with Gasteiger partial charge in [-0.3, -0.25) is 0 Å². The number of nitrogens with zero attached hydrogens (tertiary/aromatic N) is 2. The number of anilines is 1. The topological polar surface area (TPSA) is 52.7 Å². The maximum Gasteiger partial charge on any atom is 0.244 e. The fourth-order valence-corrected chi connectivity index (χ4v) is 4.54. The van der Waals surface area contributed by atoms with Crippen molar-refractivity contribution in [1.82, 2.24) is 9.62 Å². The third kappa shape index (κ3) is 4.48. The van der Waals surface area contributed by atoms with Crippen molar-refractivity contribution < 1.29 is 21.6 Å². The van der Waals surface area contributed by atoms with E-state index in [9.17, 15) is 21.6 Å². The standard InChI is InChI=1S/C19H22F3N3O2S/c1-13(23-28(26,27)19-6-4-15(21)12-17(19)22)16-11-14(20)3-5-18(16)25-9-7-24(2)8-10-25/h3-6,11-13,23H,7-10H2,1-2H3. The lowest BCUT2D eigenvalue weighted by atomic mass is 10.0. The SMILES string of the molecule is CC(NS(=O)(=O)c1ccc(F)cc1F)c1cc(F)ccc1N1CCN(C)CC1. The van der Waals surface area contributed by atoms with Crippen LogP contribution >= 0.6 is 0 Å². The molecule has 1 unspecified atom stereocenters. The zero-order valence-corrected chi connectivity index (χ0v) is 16.4. The molecule has 0 saturated carbocycles. The number of piperazine rings is 1. The van der Waals surface area contributed by atoms with Crippen molar-refractivity contribution in [2.45, 2.75) is 17.9 Å². The van der Waals surface area contributed by atoms with E-state index in [0.717, 1.165) is 44.0 Å². The molecular formula is C19H22F3N3O2S. The summed E-state index contributed by atoms with van der Waals surface area (Å²) in [6.45, 7) is 4.67. The summed E-state index contributed by atoms with van der Waals surface area (Å²) in [5, 5.41) is 0. The Balaban J connectivity index is 1.89. The Morgan fingerprint density at radius 2 is 1.57 bits per heavy atom. The van der Waals surface area contributed by atoms with Gasteiger partial charge >= 0.3 is 0 Å². The Kier molecular flexibility index (Phi) is 5.97. The van der Waals surface area contributed by atoms with Crippen LogP contribution in [0, 0.1) is 17.5 Å². The predicted octanol–water partition coefficient (Wildman–Crippen LogP) is 2.90. The summed E-state index contributed by atoms with van der Waals surface area (Å²) in [6, 6.07) is 5.67. The van der Waals surface area contributed by atoms with Crippen LogP contribution in [0.25, 0.3) is 0 Å². The minimum atomic E-state index is -4.27. The lowest BCUT2D eigenvalue weighted by Crippen LogP contribution is -2.45. The number of sulfonamides is 1. The van der Waals surface area contributed by atoms with Gasteiger partial charge in [-0.25, -0.2) is 26.3 Å². The molecule has 1 fully saturated rings. The molecule has 1 N–H and O–H groups in total. The smallest absolute Gasteiger partial charge is 0.244 e. The molecule has 0 radical (unpaired) electrons. The first-order valence-corrected chi connectivity index (χ1v) is 10.4. The molecule has 0 aliphatic carbocycles. The second-order valence-corrected chi connectivity index (χ2v) is 8.59. The molecular weight excluding hydrogens is 391 g/mol. The van der Waals surface area contributed by atoms with Gasteiger partial charge < -0.3 is 9.80 Å². The van der Waals surface area contributed by atoms with Crippen LogP contribution in [-0.4, -0.2) is 46.5 Å². The Bertz CT molecular complexity index is 961. The Morgan fingerprint density at radius 1 is 0.964 bits per heavy atom. The molecule has 1 saturated heterocycles. The number of rotatable bonds is 5. The third-order valence-corrected chi connectivity index (χ3v) is 6.39. The number of likely N-dealkylation sites (N-methyl/N-ethyl adjacent to an activating group) is 1. The highest BCUT2D eigenvalue weighted by Gasteiger charge is 2.26. The molecule has 1 aliphatic heterocycles. The Hall–Kier alpha value is -2.10. The lowest BCUT2D eigenvalue weighted by molar-refractivity contribution is 0.312. The summed E-state index contributed by atoms with van der Waals surface area (Å²) in [5.74, 6) is -2.54. The van der Waals surface area contributed by atoms with E-state index in [1.165, 1.54) is 12.1 Å². The quantitative estimate of drug-likeness (QED) is 0.819. The van der Waals surface area contributed by atoms with E-state index in [2.05, 4.69) is 14.5 Å².